The number of halogens is 1. The van der Waals surface area contributed by atoms with Crippen molar-refractivity contribution in [1.29, 1.82) is 0 Å². The molecule has 6 nitrogen and oxygen atoms in total. The fourth-order valence-electron chi connectivity index (χ4n) is 3.60. The number of aromatic nitrogens is 3. The van der Waals surface area contributed by atoms with Crippen molar-refractivity contribution in [3.63, 3.8) is 0 Å². The van der Waals surface area contributed by atoms with E-state index in [2.05, 4.69) is 24.6 Å². The Balaban J connectivity index is 1.71. The number of nitrogens with zero attached hydrogens (tertiary/aromatic N) is 5. The summed E-state index contributed by atoms with van der Waals surface area (Å²) >= 11 is 0. The Labute approximate surface area is 154 Å². The summed E-state index contributed by atoms with van der Waals surface area (Å²) < 4.78 is 21.5. The molecule has 142 valence electrons. The van der Waals surface area contributed by atoms with Crippen LogP contribution in [0.5, 0.6) is 5.75 Å². The standard InChI is InChI=1S/C19H28FN5O/c1-23(2)13-18-21-22-19(24(18)3)14-6-5-9-25(11-14)12-15-10-16(26-4)7-8-17(15)20/h7-8,10,14H,5-6,9,11-13H2,1-4H3/t14-/m1/s1. The largest absolute Gasteiger partial charge is 0.497 e. The van der Waals surface area contributed by atoms with Gasteiger partial charge in [0.25, 0.3) is 0 Å². The molecule has 1 fully saturated rings. The molecule has 0 radical (unpaired) electrons. The van der Waals surface area contributed by atoms with Crippen molar-refractivity contribution in [1.82, 2.24) is 24.6 Å². The monoisotopic (exact) mass is 361 g/mol. The van der Waals surface area contributed by atoms with Gasteiger partial charge in [-0.25, -0.2) is 4.39 Å². The van der Waals surface area contributed by atoms with Gasteiger partial charge in [0.05, 0.1) is 13.7 Å². The lowest BCUT2D eigenvalue weighted by Crippen LogP contribution is -2.35. The molecule has 0 unspecified atom stereocenters. The topological polar surface area (TPSA) is 46.4 Å². The van der Waals surface area contributed by atoms with Crippen molar-refractivity contribution >= 4 is 0 Å². The minimum atomic E-state index is -0.181. The summed E-state index contributed by atoms with van der Waals surface area (Å²) in [4.78, 5) is 4.39. The molecule has 2 heterocycles. The van der Waals surface area contributed by atoms with Crippen molar-refractivity contribution in [2.24, 2.45) is 7.05 Å². The summed E-state index contributed by atoms with van der Waals surface area (Å²) in [7, 11) is 7.70. The number of methoxy groups -OCH3 is 1. The van der Waals surface area contributed by atoms with Gasteiger partial charge < -0.3 is 14.2 Å². The Morgan fingerprint density at radius 1 is 1.31 bits per heavy atom. The summed E-state index contributed by atoms with van der Waals surface area (Å²) in [5.41, 5.74) is 0.677. The summed E-state index contributed by atoms with van der Waals surface area (Å²) in [6.07, 6.45) is 2.16. The SMILES string of the molecule is COc1ccc(F)c(CN2CCC[C@@H](c3nnc(CN(C)C)n3C)C2)c1. The van der Waals surface area contributed by atoms with E-state index < -0.39 is 0 Å². The molecule has 26 heavy (non-hydrogen) atoms. The van der Waals surface area contributed by atoms with Crippen molar-refractivity contribution in [2.45, 2.75) is 31.8 Å². The lowest BCUT2D eigenvalue weighted by molar-refractivity contribution is 0.192. The van der Waals surface area contributed by atoms with E-state index >= 15 is 0 Å². The fraction of sp³-hybridized carbons (Fsp3) is 0.579. The fourth-order valence-corrected chi connectivity index (χ4v) is 3.60. The second-order valence-electron chi connectivity index (χ2n) is 7.30. The average Bonchev–Trinajstić information content (AvgIpc) is 2.97. The number of piperidine rings is 1. The molecular weight excluding hydrogens is 333 g/mol. The van der Waals surface area contributed by atoms with Crippen LogP contribution in [0.2, 0.25) is 0 Å². The normalized spacial score (nSPS) is 18.5. The number of benzene rings is 1. The maximum atomic E-state index is 14.2. The first kappa shape index (κ1) is 18.8. The third-order valence-electron chi connectivity index (χ3n) is 4.97. The van der Waals surface area contributed by atoms with E-state index in [0.717, 1.165) is 44.1 Å². The molecule has 0 N–H and O–H groups in total. The number of ether oxygens (including phenoxy) is 1. The molecule has 0 saturated carbocycles. The first-order valence-corrected chi connectivity index (χ1v) is 9.05. The summed E-state index contributed by atoms with van der Waals surface area (Å²) in [5.74, 6) is 2.83. The molecule has 0 bridgehead atoms. The van der Waals surface area contributed by atoms with Crippen LogP contribution in [0, 0.1) is 5.82 Å². The molecule has 0 aliphatic carbocycles. The summed E-state index contributed by atoms with van der Waals surface area (Å²) in [5, 5.41) is 8.80. The number of hydrogen-bond acceptors (Lipinski definition) is 5. The van der Waals surface area contributed by atoms with E-state index in [-0.39, 0.29) is 5.82 Å². The van der Waals surface area contributed by atoms with Crippen molar-refractivity contribution < 1.29 is 9.13 Å². The lowest BCUT2D eigenvalue weighted by atomic mass is 9.96. The molecule has 3 rings (SSSR count). The summed E-state index contributed by atoms with van der Waals surface area (Å²) in [6, 6.07) is 4.92. The zero-order valence-electron chi connectivity index (χ0n) is 16.1. The number of hydrogen-bond donors (Lipinski definition) is 0. The molecular formula is C19H28FN5O. The molecule has 1 saturated heterocycles. The predicted octanol–water partition coefficient (Wildman–Crippen LogP) is 2.40. The van der Waals surface area contributed by atoms with Gasteiger partial charge in [-0.15, -0.1) is 10.2 Å². The van der Waals surface area contributed by atoms with Gasteiger partial charge in [-0.3, -0.25) is 4.90 Å². The van der Waals surface area contributed by atoms with Crippen LogP contribution < -0.4 is 4.74 Å². The van der Waals surface area contributed by atoms with Gasteiger partial charge >= 0.3 is 0 Å². The highest BCUT2D eigenvalue weighted by Crippen LogP contribution is 2.28. The van der Waals surface area contributed by atoms with E-state index in [1.54, 1.807) is 19.2 Å². The van der Waals surface area contributed by atoms with E-state index in [0.29, 0.717) is 23.8 Å². The van der Waals surface area contributed by atoms with Gasteiger partial charge in [0, 0.05) is 31.6 Å². The molecule has 1 aromatic carbocycles. The molecule has 7 heteroatoms. The Bertz CT molecular complexity index is 746. The second-order valence-corrected chi connectivity index (χ2v) is 7.30. The average molecular weight is 361 g/mol. The van der Waals surface area contributed by atoms with Crippen LogP contribution in [0.3, 0.4) is 0 Å². The maximum Gasteiger partial charge on any atom is 0.146 e. The minimum absolute atomic E-state index is 0.181. The van der Waals surface area contributed by atoms with E-state index in [9.17, 15) is 4.39 Å². The van der Waals surface area contributed by atoms with Gasteiger partial charge in [0.1, 0.15) is 23.2 Å². The quantitative estimate of drug-likeness (QED) is 0.791. The third-order valence-corrected chi connectivity index (χ3v) is 4.97. The smallest absolute Gasteiger partial charge is 0.146 e. The summed E-state index contributed by atoms with van der Waals surface area (Å²) in [6.45, 7) is 3.19. The first-order chi connectivity index (χ1) is 12.5. The Morgan fingerprint density at radius 2 is 2.12 bits per heavy atom. The highest BCUT2D eigenvalue weighted by Gasteiger charge is 2.26. The van der Waals surface area contributed by atoms with Crippen LogP contribution in [0.15, 0.2) is 18.2 Å². The van der Waals surface area contributed by atoms with Crippen molar-refractivity contribution in [3.05, 3.63) is 41.2 Å². The van der Waals surface area contributed by atoms with Crippen LogP contribution in [-0.2, 0) is 20.1 Å². The second kappa shape index (κ2) is 8.14. The highest BCUT2D eigenvalue weighted by molar-refractivity contribution is 5.29. The molecule has 1 atom stereocenters. The molecule has 0 amide bonds. The van der Waals surface area contributed by atoms with Gasteiger partial charge in [-0.1, -0.05) is 0 Å². The van der Waals surface area contributed by atoms with Gasteiger partial charge in [-0.2, -0.15) is 0 Å². The van der Waals surface area contributed by atoms with Gasteiger partial charge in [0.2, 0.25) is 0 Å². The highest BCUT2D eigenvalue weighted by atomic mass is 19.1. The lowest BCUT2D eigenvalue weighted by Gasteiger charge is -2.32. The molecule has 2 aromatic rings. The Morgan fingerprint density at radius 3 is 2.85 bits per heavy atom. The predicted molar refractivity (Wildman–Crippen MR) is 98.6 cm³/mol. The van der Waals surface area contributed by atoms with E-state index in [4.69, 9.17) is 4.74 Å². The molecule has 1 aliphatic heterocycles. The van der Waals surface area contributed by atoms with E-state index in [1.165, 1.54) is 6.07 Å². The van der Waals surface area contributed by atoms with Crippen LogP contribution in [0.25, 0.3) is 0 Å². The molecule has 0 spiro atoms. The maximum absolute atomic E-state index is 14.2. The molecule has 1 aromatic heterocycles. The Hall–Kier alpha value is -1.99. The zero-order valence-corrected chi connectivity index (χ0v) is 16.1. The number of likely N-dealkylation sites (tertiary alicyclic amines) is 1. The van der Waals surface area contributed by atoms with Crippen molar-refractivity contribution in [3.8, 4) is 5.75 Å². The zero-order chi connectivity index (χ0) is 18.7. The third kappa shape index (κ3) is 4.22. The first-order valence-electron chi connectivity index (χ1n) is 9.05. The van der Waals surface area contributed by atoms with E-state index in [1.807, 2.05) is 21.1 Å². The van der Waals surface area contributed by atoms with Crippen molar-refractivity contribution in [2.75, 3.05) is 34.3 Å². The van der Waals surface area contributed by atoms with Crippen LogP contribution in [0.4, 0.5) is 4.39 Å². The Kier molecular flexibility index (Phi) is 5.88. The minimum Gasteiger partial charge on any atom is -0.497 e. The van der Waals surface area contributed by atoms with Crippen LogP contribution in [0.1, 0.15) is 36.0 Å². The van der Waals surface area contributed by atoms with Gasteiger partial charge in [0.15, 0.2) is 0 Å². The van der Waals surface area contributed by atoms with Crippen LogP contribution in [-0.4, -0.2) is 58.9 Å². The molecule has 1 aliphatic rings. The van der Waals surface area contributed by atoms with Crippen LogP contribution >= 0.6 is 0 Å². The van der Waals surface area contributed by atoms with Gasteiger partial charge in [-0.05, 0) is 51.7 Å². The number of rotatable bonds is 6.